The van der Waals surface area contributed by atoms with Gasteiger partial charge in [-0.15, -0.1) is 11.3 Å². The number of nitrogens with one attached hydrogen (secondary N) is 2. The van der Waals surface area contributed by atoms with Gasteiger partial charge in [-0.25, -0.2) is 4.98 Å². The third-order valence-corrected chi connectivity index (χ3v) is 5.71. The van der Waals surface area contributed by atoms with Gasteiger partial charge in [0.15, 0.2) is 0 Å². The van der Waals surface area contributed by atoms with Crippen LogP contribution in [0.5, 0.6) is 0 Å². The van der Waals surface area contributed by atoms with Gasteiger partial charge in [-0.2, -0.15) is 5.10 Å². The van der Waals surface area contributed by atoms with Crippen LogP contribution in [0.3, 0.4) is 0 Å². The van der Waals surface area contributed by atoms with Crippen molar-refractivity contribution in [1.82, 2.24) is 10.4 Å². The highest BCUT2D eigenvalue weighted by atomic mass is 32.1. The Balaban J connectivity index is 1.80. The third-order valence-electron chi connectivity index (χ3n) is 4.93. The van der Waals surface area contributed by atoms with Crippen molar-refractivity contribution < 1.29 is 0 Å². The Morgan fingerprint density at radius 1 is 1.13 bits per heavy atom. The van der Waals surface area contributed by atoms with Crippen molar-refractivity contribution in [2.45, 2.75) is 32.6 Å². The van der Waals surface area contributed by atoms with Gasteiger partial charge in [-0.1, -0.05) is 74.5 Å². The SMILES string of the molecule is CN/N=C(\C(=N)c1ccccc1)c1cccc(/C=C/CC(C)(C)c2csc(C)n2)c1. The van der Waals surface area contributed by atoms with Crippen LogP contribution >= 0.6 is 11.3 Å². The summed E-state index contributed by atoms with van der Waals surface area (Å²) in [4.78, 5) is 4.65. The number of benzene rings is 2. The van der Waals surface area contributed by atoms with Crippen molar-refractivity contribution in [3.63, 3.8) is 0 Å². The Kier molecular flexibility index (Phi) is 6.95. The van der Waals surface area contributed by atoms with E-state index < -0.39 is 0 Å². The molecule has 0 saturated carbocycles. The van der Waals surface area contributed by atoms with Gasteiger partial charge in [0.2, 0.25) is 0 Å². The highest BCUT2D eigenvalue weighted by Gasteiger charge is 2.21. The summed E-state index contributed by atoms with van der Waals surface area (Å²) in [5, 5.41) is 16.3. The zero-order chi connectivity index (χ0) is 21.6. The topological polar surface area (TPSA) is 61.1 Å². The van der Waals surface area contributed by atoms with Crippen LogP contribution in [0.15, 0.2) is 71.2 Å². The van der Waals surface area contributed by atoms with E-state index in [1.807, 2.05) is 49.4 Å². The molecule has 4 nitrogen and oxygen atoms in total. The summed E-state index contributed by atoms with van der Waals surface area (Å²) >= 11 is 1.70. The van der Waals surface area contributed by atoms with Gasteiger partial charge in [-0.3, -0.25) is 5.41 Å². The van der Waals surface area contributed by atoms with Gasteiger partial charge < -0.3 is 5.43 Å². The summed E-state index contributed by atoms with van der Waals surface area (Å²) in [5.74, 6) is 0. The Hall–Kier alpha value is -3.05. The van der Waals surface area contributed by atoms with Gasteiger partial charge in [0.1, 0.15) is 5.71 Å². The summed E-state index contributed by atoms with van der Waals surface area (Å²) < 4.78 is 0. The first-order chi connectivity index (χ1) is 14.4. The van der Waals surface area contributed by atoms with Crippen molar-refractivity contribution in [2.24, 2.45) is 5.10 Å². The van der Waals surface area contributed by atoms with Crippen LogP contribution in [0.1, 0.15) is 47.7 Å². The Morgan fingerprint density at radius 3 is 2.53 bits per heavy atom. The molecule has 0 aliphatic carbocycles. The van der Waals surface area contributed by atoms with Crippen molar-refractivity contribution >= 4 is 28.8 Å². The summed E-state index contributed by atoms with van der Waals surface area (Å²) in [6.07, 6.45) is 5.23. The Bertz CT molecular complexity index is 1060. The van der Waals surface area contributed by atoms with E-state index in [9.17, 15) is 0 Å². The number of hydrogen-bond donors (Lipinski definition) is 2. The first-order valence-electron chi connectivity index (χ1n) is 9.99. The minimum atomic E-state index is -0.00689. The second-order valence-electron chi connectivity index (χ2n) is 7.79. The van der Waals surface area contributed by atoms with Crippen molar-refractivity contribution in [2.75, 3.05) is 7.05 Å². The molecule has 0 fully saturated rings. The molecule has 154 valence electrons. The van der Waals surface area contributed by atoms with Gasteiger partial charge in [-0.05, 0) is 25.0 Å². The lowest BCUT2D eigenvalue weighted by Crippen LogP contribution is -2.19. The predicted octanol–water partition coefficient (Wildman–Crippen LogP) is 5.82. The molecule has 3 rings (SSSR count). The maximum absolute atomic E-state index is 8.62. The zero-order valence-electron chi connectivity index (χ0n) is 17.9. The molecular weight excluding hydrogens is 388 g/mol. The average molecular weight is 417 g/mol. The molecule has 0 unspecified atom stereocenters. The highest BCUT2D eigenvalue weighted by molar-refractivity contribution is 7.09. The van der Waals surface area contributed by atoms with E-state index in [4.69, 9.17) is 5.41 Å². The summed E-state index contributed by atoms with van der Waals surface area (Å²) in [5.41, 5.74) is 7.83. The molecule has 0 saturated heterocycles. The van der Waals surface area contributed by atoms with Crippen LogP contribution < -0.4 is 5.43 Å². The van der Waals surface area contributed by atoms with E-state index in [0.29, 0.717) is 11.4 Å². The normalized spacial score (nSPS) is 12.3. The monoisotopic (exact) mass is 416 g/mol. The van der Waals surface area contributed by atoms with E-state index in [2.05, 4.69) is 59.0 Å². The number of aryl methyl sites for hydroxylation is 1. The lowest BCUT2D eigenvalue weighted by molar-refractivity contribution is 0.519. The number of aromatic nitrogens is 1. The fourth-order valence-electron chi connectivity index (χ4n) is 3.18. The number of rotatable bonds is 8. The molecule has 0 radical (unpaired) electrons. The van der Waals surface area contributed by atoms with Crippen LogP contribution in [0, 0.1) is 12.3 Å². The van der Waals surface area contributed by atoms with Gasteiger partial charge in [0.25, 0.3) is 0 Å². The quantitative estimate of drug-likeness (QED) is 0.359. The fourth-order valence-corrected chi connectivity index (χ4v) is 3.98. The molecule has 2 N–H and O–H groups in total. The van der Waals surface area contributed by atoms with E-state index in [0.717, 1.165) is 33.8 Å². The molecule has 1 heterocycles. The molecule has 0 spiro atoms. The molecule has 30 heavy (non-hydrogen) atoms. The number of thiazole rings is 1. The Morgan fingerprint density at radius 2 is 1.87 bits per heavy atom. The average Bonchev–Trinajstić information content (AvgIpc) is 3.20. The standard InChI is InChI=1S/C25H28N4S/c1-18-28-22(17-30-18)25(2,3)15-9-11-19-10-8-14-21(16-19)24(29-27-4)23(26)20-12-6-5-7-13-20/h5-14,16-17,26-27H,15H2,1-4H3/b11-9+,26-23?,29-24-. The molecule has 1 aromatic heterocycles. The van der Waals surface area contributed by atoms with Crippen LogP contribution in [-0.4, -0.2) is 23.5 Å². The second kappa shape index (κ2) is 9.63. The molecule has 0 aliphatic heterocycles. The third kappa shape index (κ3) is 5.30. The van der Waals surface area contributed by atoms with Crippen molar-refractivity contribution in [3.05, 3.63) is 93.4 Å². The number of allylic oxidation sites excluding steroid dienone is 1. The predicted molar refractivity (Wildman–Crippen MR) is 129 cm³/mol. The van der Waals surface area contributed by atoms with Crippen molar-refractivity contribution in [3.8, 4) is 0 Å². The summed E-state index contributed by atoms with van der Waals surface area (Å²) in [6.45, 7) is 6.49. The second-order valence-corrected chi connectivity index (χ2v) is 8.85. The largest absolute Gasteiger partial charge is 0.312 e. The van der Waals surface area contributed by atoms with Crippen LogP contribution in [0.25, 0.3) is 6.08 Å². The van der Waals surface area contributed by atoms with E-state index in [1.165, 1.54) is 0 Å². The van der Waals surface area contributed by atoms with E-state index in [-0.39, 0.29) is 5.41 Å². The lowest BCUT2D eigenvalue weighted by atomic mass is 9.86. The Labute approximate surface area is 182 Å². The molecule has 0 bridgehead atoms. The first-order valence-corrected chi connectivity index (χ1v) is 10.9. The fraction of sp³-hybridized carbons (Fsp3) is 0.240. The molecule has 3 aromatic rings. The smallest absolute Gasteiger partial charge is 0.116 e. The molecule has 0 atom stereocenters. The number of hydrogen-bond acceptors (Lipinski definition) is 5. The minimum absolute atomic E-state index is 0.00689. The molecular formula is C25H28N4S. The zero-order valence-corrected chi connectivity index (χ0v) is 18.8. The van der Waals surface area contributed by atoms with E-state index >= 15 is 0 Å². The van der Waals surface area contributed by atoms with Gasteiger partial charge in [0, 0.05) is 29.0 Å². The molecule has 0 aliphatic rings. The summed E-state index contributed by atoms with van der Waals surface area (Å²) in [7, 11) is 1.75. The van der Waals surface area contributed by atoms with Crippen LogP contribution in [0.4, 0.5) is 0 Å². The molecule has 5 heteroatoms. The van der Waals surface area contributed by atoms with Crippen LogP contribution in [-0.2, 0) is 5.41 Å². The number of hydrazone groups is 1. The minimum Gasteiger partial charge on any atom is -0.312 e. The molecule has 0 amide bonds. The van der Waals surface area contributed by atoms with Gasteiger partial charge in [0.05, 0.1) is 16.4 Å². The van der Waals surface area contributed by atoms with Crippen molar-refractivity contribution in [1.29, 1.82) is 5.41 Å². The maximum Gasteiger partial charge on any atom is 0.116 e. The first kappa shape index (κ1) is 21.7. The lowest BCUT2D eigenvalue weighted by Gasteiger charge is -2.20. The summed E-state index contributed by atoms with van der Waals surface area (Å²) in [6, 6.07) is 17.8. The number of nitrogens with zero attached hydrogens (tertiary/aromatic N) is 2. The van der Waals surface area contributed by atoms with Gasteiger partial charge >= 0.3 is 0 Å². The van der Waals surface area contributed by atoms with E-state index in [1.54, 1.807) is 18.4 Å². The molecule has 2 aromatic carbocycles. The maximum atomic E-state index is 8.62. The van der Waals surface area contributed by atoms with Crippen LogP contribution in [0.2, 0.25) is 0 Å². The highest BCUT2D eigenvalue weighted by Crippen LogP contribution is 2.28.